The first-order valence-electron chi connectivity index (χ1n) is 5.12. The third kappa shape index (κ3) is 2.55. The van der Waals surface area contributed by atoms with Gasteiger partial charge in [-0.3, -0.25) is 9.59 Å². The zero-order valence-corrected chi connectivity index (χ0v) is 10.3. The summed E-state index contributed by atoms with van der Waals surface area (Å²) in [6.45, 7) is 4.58. The number of hydrogen-bond acceptors (Lipinski definition) is 4. The average molecular weight is 234 g/mol. The number of benzene rings is 1. The van der Waals surface area contributed by atoms with Crippen LogP contribution in [0.4, 0.5) is 5.69 Å². The van der Waals surface area contributed by atoms with E-state index in [9.17, 15) is 14.5 Å². The maximum atomic E-state index is 11.5. The molecular weight excluding hydrogens is 220 g/mol. The van der Waals surface area contributed by atoms with Crippen LogP contribution >= 0.6 is 0 Å². The minimum atomic E-state index is -0.210. The lowest BCUT2D eigenvalue weighted by molar-refractivity contribution is 0.101. The minimum Gasteiger partial charge on any atom is -0.295 e. The summed E-state index contributed by atoms with van der Waals surface area (Å²) in [5, 5.41) is 3.84. The van der Waals surface area contributed by atoms with E-state index in [1.54, 1.807) is 13.0 Å². The lowest BCUT2D eigenvalue weighted by atomic mass is 9.98. The number of ketones is 2. The van der Waals surface area contributed by atoms with Gasteiger partial charge in [-0.05, 0) is 38.5 Å². The van der Waals surface area contributed by atoms with Gasteiger partial charge in [0.15, 0.2) is 11.6 Å². The van der Waals surface area contributed by atoms with Crippen LogP contribution in [0.15, 0.2) is 17.4 Å². The molecule has 0 aliphatic rings. The standard InChI is InChI=1S/C12H14N2O3/c1-7-5-12(14(4)13-17)11(9(3)16)6-10(7)8(2)15/h5-6H,1-4H3. The Hall–Kier alpha value is -2.04. The highest BCUT2D eigenvalue weighted by atomic mass is 16.3. The van der Waals surface area contributed by atoms with Gasteiger partial charge in [0.2, 0.25) is 0 Å². The molecule has 5 nitrogen and oxygen atoms in total. The van der Waals surface area contributed by atoms with Crippen molar-refractivity contribution in [1.82, 2.24) is 0 Å². The molecule has 0 heterocycles. The van der Waals surface area contributed by atoms with E-state index in [1.807, 2.05) is 0 Å². The van der Waals surface area contributed by atoms with E-state index in [4.69, 9.17) is 0 Å². The van der Waals surface area contributed by atoms with Crippen molar-refractivity contribution in [1.29, 1.82) is 0 Å². The first-order valence-corrected chi connectivity index (χ1v) is 5.12. The van der Waals surface area contributed by atoms with E-state index in [-0.39, 0.29) is 11.6 Å². The van der Waals surface area contributed by atoms with Gasteiger partial charge in [-0.1, -0.05) is 0 Å². The van der Waals surface area contributed by atoms with Crippen molar-refractivity contribution >= 4 is 17.3 Å². The molecular formula is C12H14N2O3. The lowest BCUT2D eigenvalue weighted by Gasteiger charge is -2.15. The van der Waals surface area contributed by atoms with Gasteiger partial charge in [-0.2, -0.15) is 0 Å². The van der Waals surface area contributed by atoms with Crippen LogP contribution in [0.2, 0.25) is 0 Å². The Balaban J connectivity index is 3.51. The first kappa shape index (κ1) is 13.0. The second-order valence-corrected chi connectivity index (χ2v) is 3.90. The molecule has 0 aromatic heterocycles. The lowest BCUT2D eigenvalue weighted by Crippen LogP contribution is -2.13. The van der Waals surface area contributed by atoms with E-state index >= 15 is 0 Å². The Morgan fingerprint density at radius 1 is 1.12 bits per heavy atom. The Labute approximate surface area is 99.4 Å². The zero-order valence-electron chi connectivity index (χ0n) is 10.3. The summed E-state index contributed by atoms with van der Waals surface area (Å²) >= 11 is 0. The molecule has 0 aliphatic carbocycles. The van der Waals surface area contributed by atoms with Crippen molar-refractivity contribution < 1.29 is 9.59 Å². The van der Waals surface area contributed by atoms with Gasteiger partial charge in [0, 0.05) is 18.2 Å². The van der Waals surface area contributed by atoms with Gasteiger partial charge in [-0.25, -0.2) is 5.01 Å². The number of rotatable bonds is 4. The summed E-state index contributed by atoms with van der Waals surface area (Å²) in [6.07, 6.45) is 0. The molecule has 1 aromatic rings. The third-order valence-electron chi connectivity index (χ3n) is 2.57. The summed E-state index contributed by atoms with van der Waals surface area (Å²) in [7, 11) is 1.46. The normalized spacial score (nSPS) is 9.88. The van der Waals surface area contributed by atoms with Crippen molar-refractivity contribution in [2.75, 3.05) is 12.1 Å². The SMILES string of the molecule is CC(=O)c1cc(C(C)=O)c(N(C)N=O)cc1C. The van der Waals surface area contributed by atoms with Crippen LogP contribution < -0.4 is 5.01 Å². The first-order chi connectivity index (χ1) is 7.88. The monoisotopic (exact) mass is 234 g/mol. The van der Waals surface area contributed by atoms with Crippen LogP contribution in [0, 0.1) is 11.8 Å². The number of anilines is 1. The fourth-order valence-corrected chi connectivity index (χ4v) is 1.67. The topological polar surface area (TPSA) is 66.8 Å². The molecule has 0 saturated heterocycles. The number of carbonyl (C=O) groups is 2. The highest BCUT2D eigenvalue weighted by Gasteiger charge is 2.16. The number of Topliss-reactive ketones (excluding diaryl/α,β-unsaturated/α-hetero) is 2. The van der Waals surface area contributed by atoms with Crippen molar-refractivity contribution in [3.05, 3.63) is 33.7 Å². The summed E-state index contributed by atoms with van der Waals surface area (Å²) < 4.78 is 0. The number of hydrogen-bond donors (Lipinski definition) is 0. The molecule has 0 N–H and O–H groups in total. The Bertz CT molecular complexity index is 495. The Morgan fingerprint density at radius 3 is 2.06 bits per heavy atom. The van der Waals surface area contributed by atoms with Gasteiger partial charge in [0.1, 0.15) is 0 Å². The van der Waals surface area contributed by atoms with E-state index in [2.05, 4.69) is 5.29 Å². The molecule has 0 bridgehead atoms. The van der Waals surface area contributed by atoms with Crippen LogP contribution in [0.1, 0.15) is 40.1 Å². The van der Waals surface area contributed by atoms with Crippen molar-refractivity contribution in [3.8, 4) is 0 Å². The fourth-order valence-electron chi connectivity index (χ4n) is 1.67. The molecule has 0 radical (unpaired) electrons. The van der Waals surface area contributed by atoms with E-state index in [0.717, 1.165) is 5.01 Å². The van der Waals surface area contributed by atoms with Crippen LogP contribution in [-0.4, -0.2) is 18.6 Å². The molecule has 0 spiro atoms. The number of nitrogens with zero attached hydrogens (tertiary/aromatic N) is 2. The molecule has 0 aliphatic heterocycles. The molecule has 0 atom stereocenters. The van der Waals surface area contributed by atoms with Crippen molar-refractivity contribution in [3.63, 3.8) is 0 Å². The summed E-state index contributed by atoms with van der Waals surface area (Å²) in [4.78, 5) is 33.4. The second kappa shape index (κ2) is 4.86. The van der Waals surface area contributed by atoms with Crippen molar-refractivity contribution in [2.45, 2.75) is 20.8 Å². The van der Waals surface area contributed by atoms with Crippen LogP contribution in [0.5, 0.6) is 0 Å². The van der Waals surface area contributed by atoms with E-state index < -0.39 is 0 Å². The molecule has 1 aromatic carbocycles. The van der Waals surface area contributed by atoms with Crippen LogP contribution in [-0.2, 0) is 0 Å². The molecule has 5 heteroatoms. The predicted molar refractivity (Wildman–Crippen MR) is 65.4 cm³/mol. The molecule has 0 fully saturated rings. The number of nitroso groups, excluding NO2 is 1. The van der Waals surface area contributed by atoms with Gasteiger partial charge >= 0.3 is 0 Å². The molecule has 0 amide bonds. The predicted octanol–water partition coefficient (Wildman–Crippen LogP) is 2.52. The van der Waals surface area contributed by atoms with Crippen LogP contribution in [0.3, 0.4) is 0 Å². The molecule has 90 valence electrons. The highest BCUT2D eigenvalue weighted by molar-refractivity contribution is 6.04. The quantitative estimate of drug-likeness (QED) is 0.456. The molecule has 0 unspecified atom stereocenters. The third-order valence-corrected chi connectivity index (χ3v) is 2.57. The largest absolute Gasteiger partial charge is 0.295 e. The second-order valence-electron chi connectivity index (χ2n) is 3.90. The maximum Gasteiger partial charge on any atom is 0.161 e. The molecule has 0 saturated carbocycles. The number of carbonyl (C=O) groups excluding carboxylic acids is 2. The van der Waals surface area contributed by atoms with Gasteiger partial charge < -0.3 is 0 Å². The van der Waals surface area contributed by atoms with Gasteiger partial charge in [0.25, 0.3) is 0 Å². The smallest absolute Gasteiger partial charge is 0.161 e. The van der Waals surface area contributed by atoms with E-state index in [1.165, 1.54) is 27.0 Å². The minimum absolute atomic E-state index is 0.113. The molecule has 1 rings (SSSR count). The van der Waals surface area contributed by atoms with Crippen molar-refractivity contribution in [2.24, 2.45) is 5.29 Å². The molecule has 17 heavy (non-hydrogen) atoms. The summed E-state index contributed by atoms with van der Waals surface area (Å²) in [6, 6.07) is 3.13. The Morgan fingerprint density at radius 2 is 1.65 bits per heavy atom. The van der Waals surface area contributed by atoms with E-state index in [0.29, 0.717) is 22.4 Å². The summed E-state index contributed by atoms with van der Waals surface area (Å²) in [5.41, 5.74) is 1.93. The highest BCUT2D eigenvalue weighted by Crippen LogP contribution is 2.25. The fraction of sp³-hybridized carbons (Fsp3) is 0.333. The maximum absolute atomic E-state index is 11.5. The Kier molecular flexibility index (Phi) is 3.73. The average Bonchev–Trinajstić information content (AvgIpc) is 2.26. The number of aryl methyl sites for hydroxylation is 1. The van der Waals surface area contributed by atoms with Gasteiger partial charge in [0.05, 0.1) is 11.0 Å². The van der Waals surface area contributed by atoms with Crippen LogP contribution in [0.25, 0.3) is 0 Å². The van der Waals surface area contributed by atoms with Gasteiger partial charge in [-0.15, -0.1) is 4.91 Å². The zero-order chi connectivity index (χ0) is 13.2. The summed E-state index contributed by atoms with van der Waals surface area (Å²) in [5.74, 6) is -0.323.